The maximum atomic E-state index is 4.15. The van der Waals surface area contributed by atoms with E-state index in [1.165, 1.54) is 27.8 Å². The number of hydrogen-bond acceptors (Lipinski definition) is 1. The summed E-state index contributed by atoms with van der Waals surface area (Å²) in [6.45, 7) is 16.6. The Morgan fingerprint density at radius 1 is 1.00 bits per heavy atom. The lowest BCUT2D eigenvalue weighted by Crippen LogP contribution is -2.08. The van der Waals surface area contributed by atoms with E-state index < -0.39 is 0 Å². The smallest absolute Gasteiger partial charge is 0.0163 e. The van der Waals surface area contributed by atoms with Gasteiger partial charge in [-0.2, -0.15) is 0 Å². The molecule has 0 fully saturated rings. The molecular weight excluding hydrogens is 326 g/mol. The summed E-state index contributed by atoms with van der Waals surface area (Å²) in [5.74, 6) is 0. The topological polar surface area (TPSA) is 3.24 Å². The Hall–Kier alpha value is -2.80. The van der Waals surface area contributed by atoms with Crippen molar-refractivity contribution in [2.45, 2.75) is 40.5 Å². The van der Waals surface area contributed by atoms with Gasteiger partial charge in [0, 0.05) is 18.1 Å². The monoisotopic (exact) mass is 357 g/mol. The van der Waals surface area contributed by atoms with Crippen LogP contribution in [0.4, 0.5) is 0 Å². The molecule has 0 aliphatic heterocycles. The van der Waals surface area contributed by atoms with Crippen molar-refractivity contribution in [2.75, 3.05) is 0 Å². The third-order valence-electron chi connectivity index (χ3n) is 4.64. The van der Waals surface area contributed by atoms with Gasteiger partial charge in [0.1, 0.15) is 0 Å². The molecule has 1 nitrogen and oxygen atoms in total. The number of hydrogen-bond donors (Lipinski definition) is 0. The van der Waals surface area contributed by atoms with Gasteiger partial charge in [0.15, 0.2) is 0 Å². The molecule has 0 heterocycles. The van der Waals surface area contributed by atoms with E-state index in [0.717, 1.165) is 24.1 Å². The highest BCUT2D eigenvalue weighted by molar-refractivity contribution is 5.75. The van der Waals surface area contributed by atoms with Crippen LogP contribution in [0.15, 0.2) is 91.4 Å². The second-order valence-electron chi connectivity index (χ2n) is 7.21. The van der Waals surface area contributed by atoms with Crippen LogP contribution in [0.25, 0.3) is 5.57 Å². The van der Waals surface area contributed by atoms with Crippen molar-refractivity contribution in [1.29, 1.82) is 0 Å². The van der Waals surface area contributed by atoms with Crippen LogP contribution in [-0.2, 0) is 6.42 Å². The van der Waals surface area contributed by atoms with Crippen LogP contribution in [0, 0.1) is 13.8 Å². The standard InChI is InChI=1S/C26H31N/c1-7-25(26-16-14-21(4)17-23(26)6)19-27(20(2)3)18-22(5)13-15-24-11-9-8-10-12-24/h7-12,14,16-19H,1-2,13,15H2,3-6H3/b22-18+,25-19+. The van der Waals surface area contributed by atoms with Crippen molar-refractivity contribution in [3.63, 3.8) is 0 Å². The van der Waals surface area contributed by atoms with E-state index in [0.29, 0.717) is 0 Å². The normalized spacial score (nSPS) is 12.0. The fraction of sp³-hybridized carbons (Fsp3) is 0.231. The molecule has 0 N–H and O–H groups in total. The Balaban J connectivity index is 2.22. The highest BCUT2D eigenvalue weighted by atomic mass is 15.1. The number of nitrogens with zero attached hydrogens (tertiary/aromatic N) is 1. The molecule has 0 radical (unpaired) electrons. The molecule has 2 rings (SSSR count). The Labute approximate surface area is 165 Å². The average molecular weight is 358 g/mol. The molecule has 0 aromatic heterocycles. The Bertz CT molecular complexity index is 853. The second kappa shape index (κ2) is 9.78. The van der Waals surface area contributed by atoms with Crippen molar-refractivity contribution in [1.82, 2.24) is 4.90 Å². The summed E-state index contributed by atoms with van der Waals surface area (Å²) in [4.78, 5) is 2.11. The van der Waals surface area contributed by atoms with Crippen molar-refractivity contribution in [3.05, 3.63) is 114 Å². The summed E-state index contributed by atoms with van der Waals surface area (Å²) in [6, 6.07) is 17.1. The third kappa shape index (κ3) is 6.14. The largest absolute Gasteiger partial charge is 0.328 e. The third-order valence-corrected chi connectivity index (χ3v) is 4.64. The fourth-order valence-electron chi connectivity index (χ4n) is 3.07. The van der Waals surface area contributed by atoms with Crippen LogP contribution in [-0.4, -0.2) is 4.90 Å². The van der Waals surface area contributed by atoms with E-state index in [1.54, 1.807) is 0 Å². The molecule has 2 aromatic carbocycles. The van der Waals surface area contributed by atoms with Gasteiger partial charge in [0.05, 0.1) is 0 Å². The first-order valence-corrected chi connectivity index (χ1v) is 9.47. The van der Waals surface area contributed by atoms with Crippen LogP contribution in [0.1, 0.15) is 42.5 Å². The Morgan fingerprint density at radius 2 is 1.70 bits per heavy atom. The molecule has 0 aliphatic rings. The first kappa shape index (κ1) is 20.5. The zero-order valence-corrected chi connectivity index (χ0v) is 17.1. The maximum Gasteiger partial charge on any atom is 0.0163 e. The average Bonchev–Trinajstić information content (AvgIpc) is 2.64. The first-order valence-electron chi connectivity index (χ1n) is 9.47. The van der Waals surface area contributed by atoms with Crippen LogP contribution >= 0.6 is 0 Å². The van der Waals surface area contributed by atoms with Crippen molar-refractivity contribution in [2.24, 2.45) is 0 Å². The lowest BCUT2D eigenvalue weighted by molar-refractivity contribution is 0.624. The SMILES string of the molecule is C=C/C(=C\N(/C=C(\C)CCc1ccccc1)C(=C)C)c1ccc(C)cc1C. The van der Waals surface area contributed by atoms with Crippen LogP contribution in [0.3, 0.4) is 0 Å². The molecule has 140 valence electrons. The van der Waals surface area contributed by atoms with Gasteiger partial charge in [-0.3, -0.25) is 0 Å². The van der Waals surface area contributed by atoms with Crippen molar-refractivity contribution >= 4 is 5.57 Å². The van der Waals surface area contributed by atoms with Gasteiger partial charge >= 0.3 is 0 Å². The molecule has 0 unspecified atom stereocenters. The lowest BCUT2D eigenvalue weighted by atomic mass is 9.99. The van der Waals surface area contributed by atoms with Crippen molar-refractivity contribution < 1.29 is 0 Å². The second-order valence-corrected chi connectivity index (χ2v) is 7.21. The van der Waals surface area contributed by atoms with E-state index in [4.69, 9.17) is 0 Å². The summed E-state index contributed by atoms with van der Waals surface area (Å²) >= 11 is 0. The van der Waals surface area contributed by atoms with Gasteiger partial charge in [-0.15, -0.1) is 0 Å². The van der Waals surface area contributed by atoms with E-state index in [-0.39, 0.29) is 0 Å². The number of benzene rings is 2. The van der Waals surface area contributed by atoms with E-state index in [9.17, 15) is 0 Å². The number of rotatable bonds is 8. The van der Waals surface area contributed by atoms with Gasteiger partial charge in [-0.05, 0) is 62.8 Å². The fourth-order valence-corrected chi connectivity index (χ4v) is 3.07. The minimum Gasteiger partial charge on any atom is -0.328 e. The van der Waals surface area contributed by atoms with Gasteiger partial charge in [0.25, 0.3) is 0 Å². The minimum atomic E-state index is 0.984. The van der Waals surface area contributed by atoms with Crippen LogP contribution < -0.4 is 0 Å². The van der Waals surface area contributed by atoms with E-state index in [1.807, 2.05) is 13.0 Å². The summed E-state index contributed by atoms with van der Waals surface area (Å²) in [5.41, 5.74) is 8.51. The molecule has 27 heavy (non-hydrogen) atoms. The maximum absolute atomic E-state index is 4.15. The molecular formula is C26H31N. The Morgan fingerprint density at radius 3 is 2.30 bits per heavy atom. The zero-order valence-electron chi connectivity index (χ0n) is 17.1. The first-order chi connectivity index (χ1) is 12.9. The minimum absolute atomic E-state index is 0.984. The number of aryl methyl sites for hydroxylation is 3. The van der Waals surface area contributed by atoms with Crippen LogP contribution in [0.5, 0.6) is 0 Å². The van der Waals surface area contributed by atoms with E-state index >= 15 is 0 Å². The number of allylic oxidation sites excluding steroid dienone is 4. The van der Waals surface area contributed by atoms with Gasteiger partial charge in [-0.1, -0.05) is 78.9 Å². The summed E-state index contributed by atoms with van der Waals surface area (Å²) in [7, 11) is 0. The molecule has 0 aliphatic carbocycles. The highest BCUT2D eigenvalue weighted by Gasteiger charge is 2.06. The molecule has 0 bridgehead atoms. The predicted octanol–water partition coefficient (Wildman–Crippen LogP) is 7.20. The van der Waals surface area contributed by atoms with Crippen molar-refractivity contribution in [3.8, 4) is 0 Å². The summed E-state index contributed by atoms with van der Waals surface area (Å²) in [5, 5.41) is 0. The molecule has 0 spiro atoms. The highest BCUT2D eigenvalue weighted by Crippen LogP contribution is 2.23. The zero-order chi connectivity index (χ0) is 19.8. The summed E-state index contributed by atoms with van der Waals surface area (Å²) in [6.07, 6.45) is 8.29. The molecule has 0 amide bonds. The van der Waals surface area contributed by atoms with E-state index in [2.05, 4.69) is 99.8 Å². The molecule has 1 heteroatoms. The van der Waals surface area contributed by atoms with Gasteiger partial charge < -0.3 is 4.90 Å². The van der Waals surface area contributed by atoms with Crippen LogP contribution in [0.2, 0.25) is 0 Å². The predicted molar refractivity (Wildman–Crippen MR) is 119 cm³/mol. The Kier molecular flexibility index (Phi) is 7.43. The summed E-state index contributed by atoms with van der Waals surface area (Å²) < 4.78 is 0. The van der Waals surface area contributed by atoms with Gasteiger partial charge in [0.2, 0.25) is 0 Å². The van der Waals surface area contributed by atoms with Gasteiger partial charge in [-0.25, -0.2) is 0 Å². The molecule has 0 saturated heterocycles. The molecule has 0 atom stereocenters. The molecule has 0 saturated carbocycles. The quantitative estimate of drug-likeness (QED) is 0.451. The molecule has 2 aromatic rings. The lowest BCUT2D eigenvalue weighted by Gasteiger charge is -2.19.